The Morgan fingerprint density at radius 1 is 1.73 bits per heavy atom. The van der Waals surface area contributed by atoms with Crippen LogP contribution in [0.4, 0.5) is 0 Å². The molecule has 0 aliphatic heterocycles. The molecule has 1 aromatic heterocycles. The van der Waals surface area contributed by atoms with Crippen LogP contribution in [0.1, 0.15) is 20.4 Å². The molecule has 0 saturated heterocycles. The number of aryl methyl sites for hydroxylation is 1. The van der Waals surface area contributed by atoms with Crippen LogP contribution < -0.4 is 5.32 Å². The van der Waals surface area contributed by atoms with Crippen LogP contribution in [-0.2, 0) is 11.3 Å². The van der Waals surface area contributed by atoms with E-state index in [-0.39, 0.29) is 5.91 Å². The number of nitrogens with one attached hydrogen (secondary N) is 1. The van der Waals surface area contributed by atoms with Gasteiger partial charge in [-0.2, -0.15) is 0 Å². The quantitative estimate of drug-likeness (QED) is 0.774. The second-order valence-corrected chi connectivity index (χ2v) is 4.04. The van der Waals surface area contributed by atoms with Crippen LogP contribution in [-0.4, -0.2) is 24.5 Å². The third-order valence-electron chi connectivity index (χ3n) is 1.72. The van der Waals surface area contributed by atoms with Gasteiger partial charge < -0.3 is 10.1 Å². The molecule has 1 aromatic rings. The van der Waals surface area contributed by atoms with Crippen LogP contribution in [0.15, 0.2) is 12.7 Å². The van der Waals surface area contributed by atoms with E-state index in [1.165, 1.54) is 11.3 Å². The smallest absolute Gasteiger partial charge is 0.263 e. The number of carbonyl (C=O) groups excluding carboxylic acids is 1. The molecule has 1 amide bonds. The van der Waals surface area contributed by atoms with E-state index >= 15 is 0 Å². The topological polar surface area (TPSA) is 51.2 Å². The van der Waals surface area contributed by atoms with Crippen LogP contribution in [0.3, 0.4) is 0 Å². The van der Waals surface area contributed by atoms with Crippen molar-refractivity contribution >= 4 is 17.2 Å². The first-order valence-corrected chi connectivity index (χ1v) is 5.35. The standard InChI is InChI=1S/C10H14N2O2S/c1-4-5-11-10(13)9-7(2)12-8(15-9)6-14-3/h4H,1,5-6H2,2-3H3,(H,11,13). The largest absolute Gasteiger partial charge is 0.378 e. The van der Waals surface area contributed by atoms with Gasteiger partial charge in [-0.25, -0.2) is 4.98 Å². The lowest BCUT2D eigenvalue weighted by molar-refractivity contribution is 0.0961. The Morgan fingerprint density at radius 3 is 3.07 bits per heavy atom. The molecule has 0 radical (unpaired) electrons. The van der Waals surface area contributed by atoms with Crippen molar-refractivity contribution in [2.75, 3.05) is 13.7 Å². The zero-order valence-corrected chi connectivity index (χ0v) is 9.69. The Balaban J connectivity index is 2.75. The maximum absolute atomic E-state index is 11.6. The molecule has 0 fully saturated rings. The maximum atomic E-state index is 11.6. The molecular formula is C10H14N2O2S. The van der Waals surface area contributed by atoms with Gasteiger partial charge in [0.25, 0.3) is 5.91 Å². The first-order valence-electron chi connectivity index (χ1n) is 4.53. The monoisotopic (exact) mass is 226 g/mol. The molecule has 5 heteroatoms. The Bertz CT molecular complexity index is 360. The molecule has 15 heavy (non-hydrogen) atoms. The summed E-state index contributed by atoms with van der Waals surface area (Å²) in [6, 6.07) is 0. The Morgan fingerprint density at radius 2 is 2.47 bits per heavy atom. The van der Waals surface area contributed by atoms with Crippen molar-refractivity contribution < 1.29 is 9.53 Å². The van der Waals surface area contributed by atoms with Crippen molar-refractivity contribution in [3.05, 3.63) is 28.2 Å². The number of aromatic nitrogens is 1. The van der Waals surface area contributed by atoms with Gasteiger partial charge in [0, 0.05) is 13.7 Å². The minimum atomic E-state index is -0.104. The Hall–Kier alpha value is -1.20. The van der Waals surface area contributed by atoms with Gasteiger partial charge in [-0.3, -0.25) is 4.79 Å². The predicted octanol–water partition coefficient (Wildman–Crippen LogP) is 1.51. The maximum Gasteiger partial charge on any atom is 0.263 e. The van der Waals surface area contributed by atoms with E-state index in [4.69, 9.17) is 4.74 Å². The molecule has 1 rings (SSSR count). The van der Waals surface area contributed by atoms with E-state index in [2.05, 4.69) is 16.9 Å². The SMILES string of the molecule is C=CCNC(=O)c1sc(COC)nc1C. The average molecular weight is 226 g/mol. The number of rotatable bonds is 5. The highest BCUT2D eigenvalue weighted by molar-refractivity contribution is 7.13. The molecule has 4 nitrogen and oxygen atoms in total. The van der Waals surface area contributed by atoms with E-state index in [0.717, 1.165) is 10.7 Å². The van der Waals surface area contributed by atoms with Crippen LogP contribution in [0.2, 0.25) is 0 Å². The fraction of sp³-hybridized carbons (Fsp3) is 0.400. The van der Waals surface area contributed by atoms with Gasteiger partial charge in [-0.15, -0.1) is 17.9 Å². The lowest BCUT2D eigenvalue weighted by Crippen LogP contribution is -2.22. The number of nitrogens with zero attached hydrogens (tertiary/aromatic N) is 1. The molecule has 0 aromatic carbocycles. The van der Waals surface area contributed by atoms with Crippen molar-refractivity contribution in [2.24, 2.45) is 0 Å². The Labute approximate surface area is 93.0 Å². The van der Waals surface area contributed by atoms with Gasteiger partial charge in [0.2, 0.25) is 0 Å². The van der Waals surface area contributed by atoms with Crippen molar-refractivity contribution in [1.82, 2.24) is 10.3 Å². The van der Waals surface area contributed by atoms with Crippen LogP contribution >= 0.6 is 11.3 Å². The van der Waals surface area contributed by atoms with Gasteiger partial charge in [-0.05, 0) is 6.92 Å². The highest BCUT2D eigenvalue weighted by atomic mass is 32.1. The van der Waals surface area contributed by atoms with Crippen molar-refractivity contribution in [2.45, 2.75) is 13.5 Å². The molecule has 0 bridgehead atoms. The fourth-order valence-electron chi connectivity index (χ4n) is 1.09. The molecule has 1 heterocycles. The first-order chi connectivity index (χ1) is 7.19. The third-order valence-corrected chi connectivity index (χ3v) is 2.85. The van der Waals surface area contributed by atoms with E-state index in [1.807, 2.05) is 6.92 Å². The lowest BCUT2D eigenvalue weighted by Gasteiger charge is -1.98. The first kappa shape index (κ1) is 11.9. The highest BCUT2D eigenvalue weighted by Gasteiger charge is 2.13. The summed E-state index contributed by atoms with van der Waals surface area (Å²) in [5.74, 6) is -0.104. The summed E-state index contributed by atoms with van der Waals surface area (Å²) in [6.45, 7) is 6.27. The zero-order chi connectivity index (χ0) is 11.3. The van der Waals surface area contributed by atoms with Gasteiger partial charge >= 0.3 is 0 Å². The summed E-state index contributed by atoms with van der Waals surface area (Å²) in [5.41, 5.74) is 0.744. The van der Waals surface area contributed by atoms with Crippen molar-refractivity contribution in [3.8, 4) is 0 Å². The van der Waals surface area contributed by atoms with Crippen LogP contribution in [0.5, 0.6) is 0 Å². The molecule has 0 aliphatic carbocycles. The molecule has 1 N–H and O–H groups in total. The summed E-state index contributed by atoms with van der Waals surface area (Å²) in [5, 5.41) is 3.54. The number of hydrogen-bond donors (Lipinski definition) is 1. The van der Waals surface area contributed by atoms with Gasteiger partial charge in [0.15, 0.2) is 0 Å². The minimum Gasteiger partial charge on any atom is -0.378 e. The molecular weight excluding hydrogens is 212 g/mol. The third kappa shape index (κ3) is 3.14. The molecule has 82 valence electrons. The summed E-state index contributed by atoms with van der Waals surface area (Å²) in [6.07, 6.45) is 1.64. The number of ether oxygens (including phenoxy) is 1. The highest BCUT2D eigenvalue weighted by Crippen LogP contribution is 2.18. The second kappa shape index (κ2) is 5.63. The van der Waals surface area contributed by atoms with Gasteiger partial charge in [0.05, 0.1) is 12.3 Å². The second-order valence-electron chi connectivity index (χ2n) is 2.95. The molecule has 0 spiro atoms. The van der Waals surface area contributed by atoms with Crippen molar-refractivity contribution in [1.29, 1.82) is 0 Å². The molecule has 0 saturated carbocycles. The minimum absolute atomic E-state index is 0.104. The number of hydrogen-bond acceptors (Lipinski definition) is 4. The lowest BCUT2D eigenvalue weighted by atomic mass is 10.4. The summed E-state index contributed by atoms with van der Waals surface area (Å²) < 4.78 is 4.96. The van der Waals surface area contributed by atoms with E-state index in [0.29, 0.717) is 18.0 Å². The van der Waals surface area contributed by atoms with E-state index in [1.54, 1.807) is 13.2 Å². The number of thiazole rings is 1. The van der Waals surface area contributed by atoms with E-state index in [9.17, 15) is 4.79 Å². The molecule has 0 unspecified atom stereocenters. The summed E-state index contributed by atoms with van der Waals surface area (Å²) in [7, 11) is 1.61. The molecule has 0 aliphatic rings. The Kier molecular flexibility index (Phi) is 4.45. The normalized spacial score (nSPS) is 10.0. The summed E-state index contributed by atoms with van der Waals surface area (Å²) >= 11 is 1.36. The van der Waals surface area contributed by atoms with Gasteiger partial charge in [-0.1, -0.05) is 6.08 Å². The van der Waals surface area contributed by atoms with E-state index < -0.39 is 0 Å². The molecule has 0 atom stereocenters. The van der Waals surface area contributed by atoms with Crippen LogP contribution in [0.25, 0.3) is 0 Å². The number of methoxy groups -OCH3 is 1. The zero-order valence-electron chi connectivity index (χ0n) is 8.87. The fourth-order valence-corrected chi connectivity index (χ4v) is 2.05. The number of carbonyl (C=O) groups is 1. The van der Waals surface area contributed by atoms with Crippen LogP contribution in [0, 0.1) is 6.92 Å². The number of amides is 1. The van der Waals surface area contributed by atoms with Gasteiger partial charge in [0.1, 0.15) is 9.88 Å². The predicted molar refractivity (Wildman–Crippen MR) is 60.1 cm³/mol. The van der Waals surface area contributed by atoms with Crippen molar-refractivity contribution in [3.63, 3.8) is 0 Å². The average Bonchev–Trinajstić information content (AvgIpc) is 2.57. The summed E-state index contributed by atoms with van der Waals surface area (Å²) in [4.78, 5) is 16.5.